The van der Waals surface area contributed by atoms with Gasteiger partial charge in [0.15, 0.2) is 23.1 Å². The zero-order chi connectivity index (χ0) is 14.8. The van der Waals surface area contributed by atoms with E-state index in [2.05, 4.69) is 15.2 Å². The Bertz CT molecular complexity index is 786. The van der Waals surface area contributed by atoms with Crippen LogP contribution in [0, 0.1) is 5.82 Å². The lowest BCUT2D eigenvalue weighted by atomic mass is 10.2. The van der Waals surface area contributed by atoms with Gasteiger partial charge in [0.05, 0.1) is 7.11 Å². The Labute approximate surface area is 120 Å². The van der Waals surface area contributed by atoms with Crippen LogP contribution in [0.4, 0.5) is 4.39 Å². The fourth-order valence-corrected chi connectivity index (χ4v) is 1.97. The minimum Gasteiger partial charge on any atom is -0.504 e. The number of phenols is 1. The van der Waals surface area contributed by atoms with E-state index in [0.717, 1.165) is 0 Å². The maximum absolute atomic E-state index is 13.2. The molecule has 1 heterocycles. The van der Waals surface area contributed by atoms with Gasteiger partial charge >= 0.3 is 0 Å². The highest BCUT2D eigenvalue weighted by molar-refractivity contribution is 5.64. The van der Waals surface area contributed by atoms with Crippen molar-refractivity contribution in [2.75, 3.05) is 7.11 Å². The number of rotatable bonds is 3. The van der Waals surface area contributed by atoms with E-state index in [1.54, 1.807) is 24.3 Å². The fourth-order valence-electron chi connectivity index (χ4n) is 1.97. The van der Waals surface area contributed by atoms with Gasteiger partial charge in [-0.2, -0.15) is 5.10 Å². The number of benzene rings is 2. The molecule has 6 heteroatoms. The van der Waals surface area contributed by atoms with Crippen molar-refractivity contribution in [3.8, 4) is 34.3 Å². The molecule has 0 aliphatic carbocycles. The number of phenolic OH excluding ortho intramolecular Hbond substituents is 1. The molecule has 0 atom stereocenters. The molecule has 3 aromatic rings. The first-order valence-corrected chi connectivity index (χ1v) is 6.23. The Morgan fingerprint density at radius 1 is 1.14 bits per heavy atom. The topological polar surface area (TPSA) is 71.0 Å². The molecule has 2 N–H and O–H groups in total. The molecule has 0 unspecified atom stereocenters. The highest BCUT2D eigenvalue weighted by Gasteiger charge is 2.10. The normalized spacial score (nSPS) is 10.6. The predicted octanol–water partition coefficient (Wildman–Crippen LogP) is 2.99. The summed E-state index contributed by atoms with van der Waals surface area (Å²) in [7, 11) is 1.47. The number of hydrogen-bond acceptors (Lipinski definition) is 4. The molecule has 0 bridgehead atoms. The smallest absolute Gasteiger partial charge is 0.181 e. The van der Waals surface area contributed by atoms with Crippen LogP contribution < -0.4 is 4.74 Å². The Balaban J connectivity index is 1.98. The molecule has 2 aromatic carbocycles. The predicted molar refractivity (Wildman–Crippen MR) is 75.4 cm³/mol. The van der Waals surface area contributed by atoms with Gasteiger partial charge in [-0.15, -0.1) is 0 Å². The molecule has 106 valence electrons. The lowest BCUT2D eigenvalue weighted by Crippen LogP contribution is -1.86. The molecule has 0 fully saturated rings. The number of aromatic amines is 1. The first kappa shape index (κ1) is 13.1. The minimum atomic E-state index is -0.342. The first-order chi connectivity index (χ1) is 10.2. The molecule has 3 rings (SSSR count). The molecule has 0 radical (unpaired) electrons. The van der Waals surface area contributed by atoms with Crippen molar-refractivity contribution in [1.82, 2.24) is 15.2 Å². The lowest BCUT2D eigenvalue weighted by molar-refractivity contribution is 0.373. The zero-order valence-electron chi connectivity index (χ0n) is 11.2. The van der Waals surface area contributed by atoms with Crippen LogP contribution in [-0.2, 0) is 0 Å². The molecule has 21 heavy (non-hydrogen) atoms. The summed E-state index contributed by atoms with van der Waals surface area (Å²) in [6.45, 7) is 0. The number of nitrogens with zero attached hydrogens (tertiary/aromatic N) is 2. The third kappa shape index (κ3) is 2.55. The number of ether oxygens (including phenoxy) is 1. The Morgan fingerprint density at radius 2 is 2.00 bits per heavy atom. The van der Waals surface area contributed by atoms with Crippen molar-refractivity contribution in [2.24, 2.45) is 0 Å². The lowest BCUT2D eigenvalue weighted by Gasteiger charge is -2.04. The van der Waals surface area contributed by atoms with Crippen LogP contribution in [0.3, 0.4) is 0 Å². The average molecular weight is 285 g/mol. The van der Waals surface area contributed by atoms with Gasteiger partial charge in [0.1, 0.15) is 5.82 Å². The molecule has 0 spiro atoms. The first-order valence-electron chi connectivity index (χ1n) is 6.23. The molecule has 1 aromatic heterocycles. The molecule has 0 saturated heterocycles. The number of aromatic hydroxyl groups is 1. The number of hydrogen-bond donors (Lipinski definition) is 2. The average Bonchev–Trinajstić information content (AvgIpc) is 2.97. The van der Waals surface area contributed by atoms with Crippen molar-refractivity contribution < 1.29 is 14.2 Å². The van der Waals surface area contributed by atoms with E-state index in [-0.39, 0.29) is 11.6 Å². The van der Waals surface area contributed by atoms with Crippen LogP contribution in [0.25, 0.3) is 22.8 Å². The van der Waals surface area contributed by atoms with Crippen molar-refractivity contribution in [3.05, 3.63) is 48.3 Å². The van der Waals surface area contributed by atoms with Crippen LogP contribution in [0.1, 0.15) is 0 Å². The number of H-pyrrole nitrogens is 1. The van der Waals surface area contributed by atoms with Gasteiger partial charge in [-0.05, 0) is 30.3 Å². The zero-order valence-corrected chi connectivity index (χ0v) is 11.2. The largest absolute Gasteiger partial charge is 0.504 e. The summed E-state index contributed by atoms with van der Waals surface area (Å²) in [6, 6.07) is 10.9. The molecular formula is C15H12FN3O2. The monoisotopic (exact) mass is 285 g/mol. The maximum atomic E-state index is 13.2. The van der Waals surface area contributed by atoms with E-state index >= 15 is 0 Å². The second-order valence-corrected chi connectivity index (χ2v) is 4.40. The van der Waals surface area contributed by atoms with Crippen molar-refractivity contribution in [1.29, 1.82) is 0 Å². The van der Waals surface area contributed by atoms with Gasteiger partial charge in [-0.1, -0.05) is 12.1 Å². The van der Waals surface area contributed by atoms with Gasteiger partial charge in [0, 0.05) is 11.1 Å². The van der Waals surface area contributed by atoms with Gasteiger partial charge in [-0.25, -0.2) is 9.37 Å². The van der Waals surface area contributed by atoms with Gasteiger partial charge < -0.3 is 9.84 Å². The van der Waals surface area contributed by atoms with E-state index in [4.69, 9.17) is 4.74 Å². The summed E-state index contributed by atoms with van der Waals surface area (Å²) in [5.41, 5.74) is 1.29. The highest BCUT2D eigenvalue weighted by Crippen LogP contribution is 2.30. The second-order valence-electron chi connectivity index (χ2n) is 4.40. The summed E-state index contributed by atoms with van der Waals surface area (Å²) in [5, 5.41) is 16.4. The molecule has 0 aliphatic rings. The standard InChI is InChI=1S/C15H12FN3O2/c1-21-13-8-10(5-6-12(13)20)15-17-14(18-19-15)9-3-2-4-11(16)7-9/h2-8,20H,1H3,(H,17,18,19). The second kappa shape index (κ2) is 5.24. The van der Waals surface area contributed by atoms with Crippen molar-refractivity contribution in [2.45, 2.75) is 0 Å². The van der Waals surface area contributed by atoms with E-state index in [9.17, 15) is 9.50 Å². The van der Waals surface area contributed by atoms with Crippen LogP contribution in [0.5, 0.6) is 11.5 Å². The molecule has 0 amide bonds. The van der Waals surface area contributed by atoms with Crippen LogP contribution in [0.2, 0.25) is 0 Å². The summed E-state index contributed by atoms with van der Waals surface area (Å²) < 4.78 is 18.3. The van der Waals surface area contributed by atoms with Gasteiger partial charge in [0.25, 0.3) is 0 Å². The summed E-state index contributed by atoms with van der Waals surface area (Å²) in [5.74, 6) is 0.955. The third-order valence-corrected chi connectivity index (χ3v) is 3.02. The summed E-state index contributed by atoms with van der Waals surface area (Å²) >= 11 is 0. The van der Waals surface area contributed by atoms with E-state index in [1.807, 2.05) is 0 Å². The fraction of sp³-hybridized carbons (Fsp3) is 0.0667. The molecule has 5 nitrogen and oxygen atoms in total. The highest BCUT2D eigenvalue weighted by atomic mass is 19.1. The molecule has 0 aliphatic heterocycles. The molecular weight excluding hydrogens is 273 g/mol. The quantitative estimate of drug-likeness (QED) is 0.776. The maximum Gasteiger partial charge on any atom is 0.181 e. The Hall–Kier alpha value is -2.89. The van der Waals surface area contributed by atoms with E-state index < -0.39 is 0 Å². The minimum absolute atomic E-state index is 0.0473. The van der Waals surface area contributed by atoms with E-state index in [1.165, 1.54) is 25.3 Å². The number of nitrogens with one attached hydrogen (secondary N) is 1. The number of aromatic nitrogens is 3. The molecule has 0 saturated carbocycles. The number of methoxy groups -OCH3 is 1. The SMILES string of the molecule is COc1cc(-c2nc(-c3cccc(F)c3)n[nH]2)ccc1O. The third-order valence-electron chi connectivity index (χ3n) is 3.02. The van der Waals surface area contributed by atoms with Crippen LogP contribution >= 0.6 is 0 Å². The Morgan fingerprint density at radius 3 is 2.76 bits per heavy atom. The van der Waals surface area contributed by atoms with Crippen molar-refractivity contribution >= 4 is 0 Å². The number of halogens is 1. The van der Waals surface area contributed by atoms with E-state index in [0.29, 0.717) is 28.5 Å². The Kier molecular flexibility index (Phi) is 3.27. The van der Waals surface area contributed by atoms with Gasteiger partial charge in [0.2, 0.25) is 0 Å². The van der Waals surface area contributed by atoms with Crippen LogP contribution in [0.15, 0.2) is 42.5 Å². The summed E-state index contributed by atoms with van der Waals surface area (Å²) in [6.07, 6.45) is 0. The summed E-state index contributed by atoms with van der Waals surface area (Å²) in [4.78, 5) is 4.33. The van der Waals surface area contributed by atoms with Crippen molar-refractivity contribution in [3.63, 3.8) is 0 Å². The van der Waals surface area contributed by atoms with Crippen LogP contribution in [-0.4, -0.2) is 27.4 Å². The van der Waals surface area contributed by atoms with Gasteiger partial charge in [-0.3, -0.25) is 5.10 Å².